The highest BCUT2D eigenvalue weighted by atomic mass is 35.5. The van der Waals surface area contributed by atoms with Crippen LogP contribution in [0.2, 0.25) is 5.02 Å². The van der Waals surface area contributed by atoms with Gasteiger partial charge in [0.2, 0.25) is 0 Å². The van der Waals surface area contributed by atoms with Crippen LogP contribution in [0, 0.1) is 0 Å². The first-order valence-corrected chi connectivity index (χ1v) is 6.90. The van der Waals surface area contributed by atoms with Gasteiger partial charge in [0.1, 0.15) is 5.82 Å². The zero-order valence-corrected chi connectivity index (χ0v) is 11.1. The summed E-state index contributed by atoms with van der Waals surface area (Å²) in [4.78, 5) is 4.51. The van der Waals surface area contributed by atoms with Crippen LogP contribution < -0.4 is 0 Å². The third-order valence-corrected chi connectivity index (χ3v) is 3.71. The fourth-order valence-electron chi connectivity index (χ4n) is 1.86. The van der Waals surface area contributed by atoms with Gasteiger partial charge in [0.05, 0.1) is 22.6 Å². The van der Waals surface area contributed by atoms with Crippen LogP contribution in [0.1, 0.15) is 5.82 Å². The molecule has 0 radical (unpaired) electrons. The molecule has 0 aliphatic carbocycles. The average Bonchev–Trinajstić information content (AvgIpc) is 2.93. The molecule has 0 bridgehead atoms. The Morgan fingerprint density at radius 3 is 2.88 bits per heavy atom. The number of rotatable bonds is 2. The quantitative estimate of drug-likeness (QED) is 0.634. The van der Waals surface area contributed by atoms with E-state index in [1.165, 1.54) is 0 Å². The van der Waals surface area contributed by atoms with Crippen molar-refractivity contribution in [3.63, 3.8) is 0 Å². The number of benzene rings is 1. The van der Waals surface area contributed by atoms with E-state index in [1.807, 2.05) is 34.2 Å². The van der Waals surface area contributed by atoms with Gasteiger partial charge in [-0.15, -0.1) is 11.6 Å². The predicted octanol–water partition coefficient (Wildman–Crippen LogP) is 4.48. The summed E-state index contributed by atoms with van der Waals surface area (Å²) in [5.41, 5.74) is 2.98. The lowest BCUT2D eigenvalue weighted by Gasteiger charge is -2.04. The molecule has 0 atom stereocenters. The molecule has 3 rings (SSSR count). The molecular formula is C12H8Cl2N2S. The van der Waals surface area contributed by atoms with E-state index in [0.717, 1.165) is 22.5 Å². The maximum absolute atomic E-state index is 6.03. The van der Waals surface area contributed by atoms with Crippen LogP contribution in [-0.4, -0.2) is 9.55 Å². The lowest BCUT2D eigenvalue weighted by molar-refractivity contribution is 0.987. The summed E-state index contributed by atoms with van der Waals surface area (Å²) in [5, 5.41) is 4.80. The lowest BCUT2D eigenvalue weighted by Crippen LogP contribution is -1.97. The molecule has 2 nitrogen and oxygen atoms in total. The molecule has 2 aromatic heterocycles. The van der Waals surface area contributed by atoms with E-state index in [2.05, 4.69) is 10.4 Å². The van der Waals surface area contributed by atoms with Crippen LogP contribution >= 0.6 is 34.5 Å². The van der Waals surface area contributed by atoms with Crippen LogP contribution in [0.25, 0.3) is 16.7 Å². The Morgan fingerprint density at radius 2 is 2.18 bits per heavy atom. The lowest BCUT2D eigenvalue weighted by atomic mass is 10.3. The number of thiophene rings is 1. The molecule has 0 spiro atoms. The predicted molar refractivity (Wildman–Crippen MR) is 73.5 cm³/mol. The summed E-state index contributed by atoms with van der Waals surface area (Å²) in [6.07, 6.45) is 0. The summed E-state index contributed by atoms with van der Waals surface area (Å²) in [7, 11) is 0. The SMILES string of the molecule is ClCc1nc2ccc(Cl)cc2n1-c1ccsc1. The van der Waals surface area contributed by atoms with Gasteiger partial charge in [0, 0.05) is 10.4 Å². The standard InChI is InChI=1S/C12H8Cl2N2S/c13-6-12-15-10-2-1-8(14)5-11(10)16(12)9-3-4-17-7-9/h1-5,7H,6H2. The first kappa shape index (κ1) is 11.1. The highest BCUT2D eigenvalue weighted by molar-refractivity contribution is 7.08. The summed E-state index contributed by atoms with van der Waals surface area (Å²) < 4.78 is 2.05. The average molecular weight is 283 g/mol. The van der Waals surface area contributed by atoms with Gasteiger partial charge >= 0.3 is 0 Å². The van der Waals surface area contributed by atoms with Crippen molar-refractivity contribution in [2.45, 2.75) is 5.88 Å². The molecule has 0 saturated carbocycles. The highest BCUT2D eigenvalue weighted by Crippen LogP contribution is 2.26. The van der Waals surface area contributed by atoms with Crippen molar-refractivity contribution in [1.82, 2.24) is 9.55 Å². The molecule has 0 saturated heterocycles. The van der Waals surface area contributed by atoms with Crippen LogP contribution in [-0.2, 0) is 5.88 Å². The third kappa shape index (κ3) is 1.84. The number of imidazole rings is 1. The minimum atomic E-state index is 0.377. The largest absolute Gasteiger partial charge is 0.294 e. The third-order valence-electron chi connectivity index (χ3n) is 2.57. The molecule has 0 aliphatic heterocycles. The van der Waals surface area contributed by atoms with Crippen molar-refractivity contribution in [2.75, 3.05) is 0 Å². The molecule has 0 N–H and O–H groups in total. The maximum atomic E-state index is 6.03. The second-order valence-corrected chi connectivity index (χ2v) is 5.10. The Labute approximate surface area is 112 Å². The van der Waals surface area contributed by atoms with Gasteiger partial charge < -0.3 is 0 Å². The minimum Gasteiger partial charge on any atom is -0.294 e. The fraction of sp³-hybridized carbons (Fsp3) is 0.0833. The van der Waals surface area contributed by atoms with E-state index >= 15 is 0 Å². The first-order valence-electron chi connectivity index (χ1n) is 5.05. The molecule has 0 amide bonds. The number of aromatic nitrogens is 2. The van der Waals surface area contributed by atoms with Gasteiger partial charge in [-0.25, -0.2) is 4.98 Å². The van der Waals surface area contributed by atoms with Crippen molar-refractivity contribution in [3.8, 4) is 5.69 Å². The van der Waals surface area contributed by atoms with E-state index in [4.69, 9.17) is 23.2 Å². The smallest absolute Gasteiger partial charge is 0.129 e. The number of hydrogen-bond donors (Lipinski definition) is 0. The van der Waals surface area contributed by atoms with Crippen molar-refractivity contribution in [1.29, 1.82) is 0 Å². The second-order valence-electron chi connectivity index (χ2n) is 3.61. The molecule has 0 aliphatic rings. The molecule has 5 heteroatoms. The highest BCUT2D eigenvalue weighted by Gasteiger charge is 2.12. The Bertz CT molecular complexity index is 659. The van der Waals surface area contributed by atoms with Gasteiger partial charge in [0.25, 0.3) is 0 Å². The first-order chi connectivity index (χ1) is 8.29. The Hall–Kier alpha value is -1.03. The van der Waals surface area contributed by atoms with Crippen molar-refractivity contribution >= 4 is 45.6 Å². The van der Waals surface area contributed by atoms with E-state index < -0.39 is 0 Å². The second kappa shape index (κ2) is 4.33. The van der Waals surface area contributed by atoms with Crippen LogP contribution in [0.4, 0.5) is 0 Å². The van der Waals surface area contributed by atoms with Crippen molar-refractivity contribution in [2.24, 2.45) is 0 Å². The van der Waals surface area contributed by atoms with Gasteiger partial charge in [0.15, 0.2) is 0 Å². The van der Waals surface area contributed by atoms with Crippen LogP contribution in [0.5, 0.6) is 0 Å². The van der Waals surface area contributed by atoms with Gasteiger partial charge in [-0.1, -0.05) is 11.6 Å². The molecule has 86 valence electrons. The van der Waals surface area contributed by atoms with Gasteiger partial charge in [-0.3, -0.25) is 4.57 Å². The molecule has 2 heterocycles. The minimum absolute atomic E-state index is 0.377. The number of alkyl halides is 1. The zero-order chi connectivity index (χ0) is 11.8. The summed E-state index contributed by atoms with van der Waals surface area (Å²) in [6.45, 7) is 0. The van der Waals surface area contributed by atoms with E-state index in [0.29, 0.717) is 10.9 Å². The number of halogens is 2. The number of fused-ring (bicyclic) bond motifs is 1. The summed E-state index contributed by atoms with van der Waals surface area (Å²) >= 11 is 13.6. The van der Waals surface area contributed by atoms with Crippen LogP contribution in [0.3, 0.4) is 0 Å². The fourth-order valence-corrected chi connectivity index (χ4v) is 2.83. The molecule has 0 fully saturated rings. The molecule has 1 aromatic carbocycles. The number of hydrogen-bond acceptors (Lipinski definition) is 2. The molecule has 17 heavy (non-hydrogen) atoms. The molecule has 3 aromatic rings. The van der Waals surface area contributed by atoms with Crippen molar-refractivity contribution < 1.29 is 0 Å². The van der Waals surface area contributed by atoms with E-state index in [9.17, 15) is 0 Å². The van der Waals surface area contributed by atoms with Gasteiger partial charge in [-0.2, -0.15) is 11.3 Å². The zero-order valence-electron chi connectivity index (χ0n) is 8.73. The Balaban J connectivity index is 2.37. The van der Waals surface area contributed by atoms with Crippen LogP contribution in [0.15, 0.2) is 35.0 Å². The van der Waals surface area contributed by atoms with Gasteiger partial charge in [-0.05, 0) is 29.6 Å². The monoisotopic (exact) mass is 282 g/mol. The van der Waals surface area contributed by atoms with Crippen molar-refractivity contribution in [3.05, 3.63) is 45.9 Å². The Morgan fingerprint density at radius 1 is 1.29 bits per heavy atom. The van der Waals surface area contributed by atoms with E-state index in [1.54, 1.807) is 11.3 Å². The Kier molecular flexibility index (Phi) is 2.82. The molecular weight excluding hydrogens is 275 g/mol. The summed E-state index contributed by atoms with van der Waals surface area (Å²) in [6, 6.07) is 7.71. The summed E-state index contributed by atoms with van der Waals surface area (Å²) in [5.74, 6) is 1.21. The normalized spacial score (nSPS) is 11.2. The maximum Gasteiger partial charge on any atom is 0.129 e. The topological polar surface area (TPSA) is 17.8 Å². The number of nitrogens with zero attached hydrogens (tertiary/aromatic N) is 2. The molecule has 0 unspecified atom stereocenters. The van der Waals surface area contributed by atoms with E-state index in [-0.39, 0.29) is 0 Å².